The number of esters is 1. The number of fused-ring (bicyclic) bond motifs is 1. The molecule has 0 bridgehead atoms. The number of hydrogen-bond donors (Lipinski definition) is 0. The molecule has 7 heteroatoms. The molecule has 0 unspecified atom stereocenters. The van der Waals surface area contributed by atoms with Crippen LogP contribution < -0.4 is 4.80 Å². The largest absolute Gasteiger partial charge is 0.468 e. The molecule has 0 N–H and O–H groups in total. The predicted molar refractivity (Wildman–Crippen MR) is 93.6 cm³/mol. The van der Waals surface area contributed by atoms with Crippen LogP contribution in [0.4, 0.5) is 4.39 Å². The van der Waals surface area contributed by atoms with Gasteiger partial charge in [-0.3, -0.25) is 9.59 Å². The zero-order valence-electron chi connectivity index (χ0n) is 14.2. The van der Waals surface area contributed by atoms with Crippen LogP contribution in [0.15, 0.2) is 23.2 Å². The van der Waals surface area contributed by atoms with E-state index in [2.05, 4.69) is 4.99 Å². The molecule has 1 heterocycles. The molecule has 0 spiro atoms. The Morgan fingerprint density at radius 1 is 1.36 bits per heavy atom. The Hall–Kier alpha value is -2.02. The fraction of sp³-hybridized carbons (Fsp3) is 0.500. The highest BCUT2D eigenvalue weighted by molar-refractivity contribution is 7.16. The van der Waals surface area contributed by atoms with Crippen molar-refractivity contribution in [3.05, 3.63) is 28.8 Å². The van der Waals surface area contributed by atoms with Crippen LogP contribution in [0.3, 0.4) is 0 Å². The van der Waals surface area contributed by atoms with Crippen LogP contribution in [0.1, 0.15) is 38.5 Å². The van der Waals surface area contributed by atoms with E-state index in [-0.39, 0.29) is 18.3 Å². The SMILES string of the molecule is COC(=O)Cn1c(=NC(=O)CCC2CCCC2)sc2cc(F)ccc21. The highest BCUT2D eigenvalue weighted by atomic mass is 32.1. The van der Waals surface area contributed by atoms with Crippen LogP contribution in [-0.2, 0) is 20.9 Å². The summed E-state index contributed by atoms with van der Waals surface area (Å²) in [6.07, 6.45) is 6.15. The Bertz CT molecular complexity index is 850. The molecule has 0 saturated heterocycles. The van der Waals surface area contributed by atoms with Gasteiger partial charge in [-0.1, -0.05) is 37.0 Å². The lowest BCUT2D eigenvalue weighted by molar-refractivity contribution is -0.141. The van der Waals surface area contributed by atoms with E-state index >= 15 is 0 Å². The number of ether oxygens (including phenoxy) is 1. The van der Waals surface area contributed by atoms with E-state index in [0.717, 1.165) is 6.42 Å². The highest BCUT2D eigenvalue weighted by Crippen LogP contribution is 2.28. The van der Waals surface area contributed by atoms with Gasteiger partial charge in [0.25, 0.3) is 0 Å². The summed E-state index contributed by atoms with van der Waals surface area (Å²) in [4.78, 5) is 28.5. The minimum Gasteiger partial charge on any atom is -0.468 e. The summed E-state index contributed by atoms with van der Waals surface area (Å²) in [5, 5.41) is 0. The van der Waals surface area contributed by atoms with E-state index in [1.807, 2.05) is 0 Å². The lowest BCUT2D eigenvalue weighted by atomic mass is 10.0. The second-order valence-corrected chi connectivity index (χ2v) is 7.36. The Morgan fingerprint density at radius 2 is 2.12 bits per heavy atom. The molecule has 0 radical (unpaired) electrons. The summed E-state index contributed by atoms with van der Waals surface area (Å²) < 4.78 is 20.4. The quantitative estimate of drug-likeness (QED) is 0.764. The second-order valence-electron chi connectivity index (χ2n) is 6.35. The van der Waals surface area contributed by atoms with Gasteiger partial charge in [0.15, 0.2) is 4.80 Å². The van der Waals surface area contributed by atoms with Crippen LogP contribution in [-0.4, -0.2) is 23.6 Å². The van der Waals surface area contributed by atoms with Gasteiger partial charge in [-0.25, -0.2) is 4.39 Å². The smallest absolute Gasteiger partial charge is 0.325 e. The number of nitrogens with zero attached hydrogens (tertiary/aromatic N) is 2. The predicted octanol–water partition coefficient (Wildman–Crippen LogP) is 3.41. The van der Waals surface area contributed by atoms with Crippen molar-refractivity contribution >= 4 is 33.4 Å². The molecule has 134 valence electrons. The van der Waals surface area contributed by atoms with Crippen molar-refractivity contribution in [2.45, 2.75) is 45.1 Å². The number of aromatic nitrogens is 1. The first-order valence-corrected chi connectivity index (χ1v) is 9.31. The minimum absolute atomic E-state index is 0.0587. The van der Waals surface area contributed by atoms with Gasteiger partial charge in [0, 0.05) is 6.42 Å². The monoisotopic (exact) mass is 364 g/mol. The van der Waals surface area contributed by atoms with Crippen LogP contribution in [0.2, 0.25) is 0 Å². The lowest BCUT2D eigenvalue weighted by Gasteiger charge is -2.06. The second kappa shape index (κ2) is 7.91. The topological polar surface area (TPSA) is 60.7 Å². The van der Waals surface area contributed by atoms with Gasteiger partial charge >= 0.3 is 5.97 Å². The number of benzene rings is 1. The summed E-state index contributed by atoms with van der Waals surface area (Å²) in [5.41, 5.74) is 0.666. The molecule has 1 fully saturated rings. The molecule has 0 aliphatic heterocycles. The molecule has 1 aliphatic carbocycles. The van der Waals surface area contributed by atoms with Gasteiger partial charge in [0.2, 0.25) is 5.91 Å². The summed E-state index contributed by atoms with van der Waals surface area (Å²) in [5.74, 6) is -0.377. The van der Waals surface area contributed by atoms with Gasteiger partial charge in [0.1, 0.15) is 12.4 Å². The number of hydrogen-bond acceptors (Lipinski definition) is 4. The van der Waals surface area contributed by atoms with Crippen molar-refractivity contribution in [1.82, 2.24) is 4.57 Å². The standard InChI is InChI=1S/C18H21FN2O3S/c1-24-17(23)11-21-14-8-7-13(19)10-15(14)25-18(21)20-16(22)9-6-12-4-2-3-5-12/h7-8,10,12H,2-6,9,11H2,1H3. The number of carbonyl (C=O) groups is 2. The maximum absolute atomic E-state index is 13.5. The maximum atomic E-state index is 13.5. The molecular formula is C18H21FN2O3S. The third-order valence-corrected chi connectivity index (χ3v) is 5.66. The zero-order chi connectivity index (χ0) is 17.8. The average Bonchev–Trinajstić information content (AvgIpc) is 3.21. The number of methoxy groups -OCH3 is 1. The highest BCUT2D eigenvalue weighted by Gasteiger charge is 2.17. The number of carbonyl (C=O) groups excluding carboxylic acids is 2. The van der Waals surface area contributed by atoms with E-state index in [1.165, 1.54) is 56.3 Å². The molecule has 1 aliphatic rings. The van der Waals surface area contributed by atoms with Crippen molar-refractivity contribution in [3.63, 3.8) is 0 Å². The van der Waals surface area contributed by atoms with E-state index in [1.54, 1.807) is 10.6 Å². The number of amides is 1. The summed E-state index contributed by atoms with van der Waals surface area (Å²) in [7, 11) is 1.31. The van der Waals surface area contributed by atoms with Crippen molar-refractivity contribution < 1.29 is 18.7 Å². The van der Waals surface area contributed by atoms with Crippen LogP contribution >= 0.6 is 11.3 Å². The fourth-order valence-corrected chi connectivity index (χ4v) is 4.34. The first kappa shape index (κ1) is 17.8. The van der Waals surface area contributed by atoms with Gasteiger partial charge < -0.3 is 9.30 Å². The lowest BCUT2D eigenvalue weighted by Crippen LogP contribution is -2.22. The summed E-state index contributed by atoms with van der Waals surface area (Å²) >= 11 is 1.20. The molecule has 5 nitrogen and oxygen atoms in total. The molecule has 0 atom stereocenters. The molecule has 1 aromatic heterocycles. The third kappa shape index (κ3) is 4.34. The number of rotatable bonds is 5. The van der Waals surface area contributed by atoms with E-state index in [9.17, 15) is 14.0 Å². The minimum atomic E-state index is -0.441. The number of halogens is 1. The van der Waals surface area contributed by atoms with Crippen molar-refractivity contribution in [1.29, 1.82) is 0 Å². The normalized spacial score (nSPS) is 15.8. The first-order chi connectivity index (χ1) is 12.1. The van der Waals surface area contributed by atoms with Gasteiger partial charge in [-0.15, -0.1) is 0 Å². The van der Waals surface area contributed by atoms with Crippen LogP contribution in [0, 0.1) is 11.7 Å². The third-order valence-electron chi connectivity index (χ3n) is 4.62. The van der Waals surface area contributed by atoms with E-state index < -0.39 is 5.97 Å². The van der Waals surface area contributed by atoms with Crippen molar-refractivity contribution in [3.8, 4) is 0 Å². The molecule has 2 aromatic rings. The van der Waals surface area contributed by atoms with Crippen LogP contribution in [0.5, 0.6) is 0 Å². The molecule has 25 heavy (non-hydrogen) atoms. The zero-order valence-corrected chi connectivity index (χ0v) is 15.0. The first-order valence-electron chi connectivity index (χ1n) is 8.50. The molecule has 3 rings (SSSR count). The number of thiazole rings is 1. The fourth-order valence-electron chi connectivity index (χ4n) is 3.27. The average molecular weight is 364 g/mol. The van der Waals surface area contributed by atoms with Gasteiger partial charge in [0.05, 0.1) is 17.3 Å². The van der Waals surface area contributed by atoms with E-state index in [0.29, 0.717) is 27.4 Å². The Labute approximate surface area is 149 Å². The Morgan fingerprint density at radius 3 is 2.84 bits per heavy atom. The molecular weight excluding hydrogens is 343 g/mol. The van der Waals surface area contributed by atoms with Crippen molar-refractivity contribution in [2.24, 2.45) is 10.9 Å². The molecule has 1 amide bonds. The molecule has 1 aromatic carbocycles. The summed E-state index contributed by atoms with van der Waals surface area (Å²) in [6, 6.07) is 4.30. The summed E-state index contributed by atoms with van der Waals surface area (Å²) in [6.45, 7) is -0.0587. The Balaban J connectivity index is 1.88. The van der Waals surface area contributed by atoms with Crippen molar-refractivity contribution in [2.75, 3.05) is 7.11 Å². The maximum Gasteiger partial charge on any atom is 0.325 e. The Kier molecular flexibility index (Phi) is 5.63. The molecule has 1 saturated carbocycles. The van der Waals surface area contributed by atoms with Gasteiger partial charge in [-0.2, -0.15) is 4.99 Å². The van der Waals surface area contributed by atoms with E-state index in [4.69, 9.17) is 4.74 Å². The van der Waals surface area contributed by atoms with Gasteiger partial charge in [-0.05, 0) is 30.5 Å². The van der Waals surface area contributed by atoms with Crippen LogP contribution in [0.25, 0.3) is 10.2 Å².